The smallest absolute Gasteiger partial charge is 0.306 e. The lowest BCUT2D eigenvalue weighted by Gasteiger charge is -2.18. The highest BCUT2D eigenvalue weighted by atomic mass is 16.6. The van der Waals surface area contributed by atoms with E-state index in [0.29, 0.717) is 19.3 Å². The van der Waals surface area contributed by atoms with Crippen LogP contribution in [0.4, 0.5) is 0 Å². The van der Waals surface area contributed by atoms with Gasteiger partial charge < -0.3 is 14.2 Å². The SMILES string of the molecule is CC/C=C\C/C=C\C/C=C\CCCCCCCC(=O)OCC(COC(=O)CCCCCCCCCCC/C=C\C/C=C\CCCCC)OC(=O)CCCCCCCCCCCCCCCCCCCCC. The van der Waals surface area contributed by atoms with E-state index in [1.165, 1.54) is 173 Å². The lowest BCUT2D eigenvalue weighted by molar-refractivity contribution is -0.167. The molecule has 6 nitrogen and oxygen atoms in total. The van der Waals surface area contributed by atoms with Crippen LogP contribution in [0.25, 0.3) is 0 Å². The first kappa shape index (κ1) is 68.1. The average molecular weight is 994 g/mol. The highest BCUT2D eigenvalue weighted by molar-refractivity contribution is 5.71. The molecule has 0 spiro atoms. The Kier molecular flexibility index (Phi) is 57.2. The summed E-state index contributed by atoms with van der Waals surface area (Å²) >= 11 is 0. The molecule has 0 heterocycles. The van der Waals surface area contributed by atoms with Crippen LogP contribution in [0.1, 0.15) is 316 Å². The monoisotopic (exact) mass is 993 g/mol. The summed E-state index contributed by atoms with van der Waals surface area (Å²) in [5.74, 6) is -0.883. The van der Waals surface area contributed by atoms with Gasteiger partial charge in [0, 0.05) is 19.3 Å². The van der Waals surface area contributed by atoms with Gasteiger partial charge in [-0.05, 0) is 83.5 Å². The van der Waals surface area contributed by atoms with E-state index in [4.69, 9.17) is 14.2 Å². The maximum absolute atomic E-state index is 12.9. The summed E-state index contributed by atoms with van der Waals surface area (Å²) in [6, 6.07) is 0. The van der Waals surface area contributed by atoms with Crippen LogP contribution in [0.15, 0.2) is 60.8 Å². The van der Waals surface area contributed by atoms with Crippen LogP contribution in [0.2, 0.25) is 0 Å². The van der Waals surface area contributed by atoms with Crippen LogP contribution in [-0.4, -0.2) is 37.2 Å². The van der Waals surface area contributed by atoms with Crippen LogP contribution in [-0.2, 0) is 28.6 Å². The maximum Gasteiger partial charge on any atom is 0.306 e. The zero-order chi connectivity index (χ0) is 51.4. The number of carbonyl (C=O) groups is 3. The summed E-state index contributed by atoms with van der Waals surface area (Å²) in [6.07, 6.45) is 75.0. The second-order valence-electron chi connectivity index (χ2n) is 20.6. The predicted molar refractivity (Wildman–Crippen MR) is 307 cm³/mol. The van der Waals surface area contributed by atoms with Crippen molar-refractivity contribution in [1.29, 1.82) is 0 Å². The van der Waals surface area contributed by atoms with Crippen molar-refractivity contribution in [1.82, 2.24) is 0 Å². The van der Waals surface area contributed by atoms with E-state index >= 15 is 0 Å². The summed E-state index contributed by atoms with van der Waals surface area (Å²) < 4.78 is 16.9. The zero-order valence-electron chi connectivity index (χ0n) is 47.2. The third-order valence-electron chi connectivity index (χ3n) is 13.5. The molecular weight excluding hydrogens is 877 g/mol. The quantitative estimate of drug-likeness (QED) is 0.0261. The molecule has 0 aromatic rings. The average Bonchev–Trinajstić information content (AvgIpc) is 3.37. The molecule has 0 radical (unpaired) electrons. The lowest BCUT2D eigenvalue weighted by atomic mass is 10.0. The molecular formula is C65H116O6. The molecule has 0 aromatic heterocycles. The Morgan fingerprint density at radius 2 is 0.549 bits per heavy atom. The van der Waals surface area contributed by atoms with Crippen molar-refractivity contribution >= 4 is 17.9 Å². The second-order valence-corrected chi connectivity index (χ2v) is 20.6. The van der Waals surface area contributed by atoms with Crippen LogP contribution < -0.4 is 0 Å². The molecule has 0 aliphatic carbocycles. The first-order chi connectivity index (χ1) is 35.0. The summed E-state index contributed by atoms with van der Waals surface area (Å²) in [4.78, 5) is 38.3. The van der Waals surface area contributed by atoms with Gasteiger partial charge in [-0.1, -0.05) is 274 Å². The Morgan fingerprint density at radius 1 is 0.296 bits per heavy atom. The molecule has 6 heteroatoms. The zero-order valence-corrected chi connectivity index (χ0v) is 47.2. The van der Waals surface area contributed by atoms with Gasteiger partial charge in [0.1, 0.15) is 13.2 Å². The van der Waals surface area contributed by atoms with Crippen molar-refractivity contribution in [2.45, 2.75) is 322 Å². The molecule has 0 aromatic carbocycles. The topological polar surface area (TPSA) is 78.9 Å². The van der Waals surface area contributed by atoms with E-state index in [2.05, 4.69) is 81.5 Å². The van der Waals surface area contributed by atoms with E-state index in [1.54, 1.807) is 0 Å². The van der Waals surface area contributed by atoms with Gasteiger partial charge >= 0.3 is 17.9 Å². The van der Waals surface area contributed by atoms with Gasteiger partial charge in [-0.25, -0.2) is 0 Å². The first-order valence-electron chi connectivity index (χ1n) is 30.8. The molecule has 0 amide bonds. The van der Waals surface area contributed by atoms with Crippen molar-refractivity contribution in [3.05, 3.63) is 60.8 Å². The Balaban J connectivity index is 4.36. The normalized spacial score (nSPS) is 12.4. The number of esters is 3. The fraction of sp³-hybridized carbons (Fsp3) is 0.800. The van der Waals surface area contributed by atoms with E-state index in [0.717, 1.165) is 103 Å². The van der Waals surface area contributed by atoms with Crippen LogP contribution in [0.3, 0.4) is 0 Å². The lowest BCUT2D eigenvalue weighted by Crippen LogP contribution is -2.30. The molecule has 0 aliphatic rings. The molecule has 0 N–H and O–H groups in total. The first-order valence-corrected chi connectivity index (χ1v) is 30.8. The minimum absolute atomic E-state index is 0.0793. The van der Waals surface area contributed by atoms with Crippen molar-refractivity contribution in [2.24, 2.45) is 0 Å². The summed E-state index contributed by atoms with van der Waals surface area (Å²) in [5.41, 5.74) is 0. The van der Waals surface area contributed by atoms with E-state index in [1.807, 2.05) is 0 Å². The Labute approximate surface area is 440 Å². The maximum atomic E-state index is 12.9. The summed E-state index contributed by atoms with van der Waals surface area (Å²) in [7, 11) is 0. The molecule has 1 unspecified atom stereocenters. The summed E-state index contributed by atoms with van der Waals surface area (Å²) in [6.45, 7) is 6.53. The predicted octanol–water partition coefficient (Wildman–Crippen LogP) is 20.8. The molecule has 0 rings (SSSR count). The highest BCUT2D eigenvalue weighted by Crippen LogP contribution is 2.17. The van der Waals surface area contributed by atoms with Crippen molar-refractivity contribution < 1.29 is 28.6 Å². The molecule has 1 atom stereocenters. The highest BCUT2D eigenvalue weighted by Gasteiger charge is 2.19. The Bertz CT molecular complexity index is 1280. The minimum Gasteiger partial charge on any atom is -0.462 e. The molecule has 0 fully saturated rings. The number of rotatable bonds is 56. The van der Waals surface area contributed by atoms with Gasteiger partial charge in [0.2, 0.25) is 0 Å². The standard InChI is InChI=1S/C65H116O6/c1-4-7-10-13-16-19-22-25-28-30-32-34-37-40-43-46-49-52-55-58-64(67)70-61-62(60-69-63(66)57-54-51-48-45-42-39-36-27-24-21-18-15-12-9-6-3)71-65(68)59-56-53-50-47-44-41-38-35-33-31-29-26-23-20-17-14-11-8-5-2/h9,12,16,18-19,21,25,27-28,36,62H,4-8,10-11,13-15,17,20,22-24,26,29-35,37-61H2,1-3H3/b12-9-,19-16-,21-18-,28-25-,36-27-. The number of unbranched alkanes of at least 4 members (excludes halogenated alkanes) is 35. The molecule has 412 valence electrons. The van der Waals surface area contributed by atoms with E-state index < -0.39 is 6.10 Å². The van der Waals surface area contributed by atoms with Crippen molar-refractivity contribution in [2.75, 3.05) is 13.2 Å². The number of allylic oxidation sites excluding steroid dienone is 10. The van der Waals surface area contributed by atoms with Gasteiger partial charge in [0.15, 0.2) is 6.10 Å². The van der Waals surface area contributed by atoms with E-state index in [-0.39, 0.29) is 31.1 Å². The van der Waals surface area contributed by atoms with Crippen molar-refractivity contribution in [3.63, 3.8) is 0 Å². The van der Waals surface area contributed by atoms with Crippen LogP contribution >= 0.6 is 0 Å². The second kappa shape index (κ2) is 59.7. The fourth-order valence-corrected chi connectivity index (χ4v) is 8.90. The van der Waals surface area contributed by atoms with Gasteiger partial charge in [-0.3, -0.25) is 14.4 Å². The third-order valence-corrected chi connectivity index (χ3v) is 13.5. The van der Waals surface area contributed by atoms with Gasteiger partial charge in [0.05, 0.1) is 0 Å². The van der Waals surface area contributed by atoms with Crippen molar-refractivity contribution in [3.8, 4) is 0 Å². The molecule has 0 saturated heterocycles. The molecule has 0 bridgehead atoms. The summed E-state index contributed by atoms with van der Waals surface area (Å²) in [5, 5.41) is 0. The third kappa shape index (κ3) is 57.9. The molecule has 71 heavy (non-hydrogen) atoms. The van der Waals surface area contributed by atoms with Gasteiger partial charge in [0.25, 0.3) is 0 Å². The molecule has 0 saturated carbocycles. The number of ether oxygens (including phenoxy) is 3. The molecule has 0 aliphatic heterocycles. The number of carbonyl (C=O) groups excluding carboxylic acids is 3. The van der Waals surface area contributed by atoms with Crippen LogP contribution in [0, 0.1) is 0 Å². The number of hydrogen-bond acceptors (Lipinski definition) is 6. The van der Waals surface area contributed by atoms with Gasteiger partial charge in [-0.15, -0.1) is 0 Å². The van der Waals surface area contributed by atoms with E-state index in [9.17, 15) is 14.4 Å². The minimum atomic E-state index is -0.782. The van der Waals surface area contributed by atoms with Crippen LogP contribution in [0.5, 0.6) is 0 Å². The Hall–Kier alpha value is -2.89. The Morgan fingerprint density at radius 3 is 0.887 bits per heavy atom. The number of hydrogen-bond donors (Lipinski definition) is 0. The van der Waals surface area contributed by atoms with Gasteiger partial charge in [-0.2, -0.15) is 0 Å². The fourth-order valence-electron chi connectivity index (χ4n) is 8.90. The largest absolute Gasteiger partial charge is 0.462 e.